The van der Waals surface area contributed by atoms with E-state index in [1.54, 1.807) is 12.1 Å². The van der Waals surface area contributed by atoms with Gasteiger partial charge in [0, 0.05) is 5.92 Å². The molecule has 0 bridgehead atoms. The summed E-state index contributed by atoms with van der Waals surface area (Å²) in [7, 11) is 0. The zero-order valence-electron chi connectivity index (χ0n) is 13.2. The van der Waals surface area contributed by atoms with Crippen LogP contribution in [0.25, 0.3) is 0 Å². The molecule has 0 amide bonds. The summed E-state index contributed by atoms with van der Waals surface area (Å²) in [6.07, 6.45) is 1.53. The van der Waals surface area contributed by atoms with Crippen molar-refractivity contribution in [3.63, 3.8) is 0 Å². The van der Waals surface area contributed by atoms with Crippen LogP contribution < -0.4 is 10.2 Å². The van der Waals surface area contributed by atoms with Crippen molar-refractivity contribution >= 4 is 12.1 Å². The zero-order valence-corrected chi connectivity index (χ0v) is 13.2. The lowest BCUT2D eigenvalue weighted by molar-refractivity contribution is 0.318. The Kier molecular flexibility index (Phi) is 5.20. The third-order valence-electron chi connectivity index (χ3n) is 2.91. The van der Waals surface area contributed by atoms with Crippen LogP contribution in [-0.2, 0) is 0 Å². The van der Waals surface area contributed by atoms with Crippen LogP contribution in [0.4, 0.5) is 5.88 Å². The summed E-state index contributed by atoms with van der Waals surface area (Å²) in [6, 6.07) is 6.84. The molecule has 0 fully saturated rings. The third-order valence-corrected chi connectivity index (χ3v) is 2.91. The van der Waals surface area contributed by atoms with Gasteiger partial charge in [0.05, 0.1) is 12.8 Å². The number of aromatic hydroxyl groups is 1. The van der Waals surface area contributed by atoms with E-state index in [4.69, 9.17) is 14.4 Å². The molecule has 1 heterocycles. The van der Waals surface area contributed by atoms with Gasteiger partial charge in [0.15, 0.2) is 11.5 Å². The molecule has 7 nitrogen and oxygen atoms in total. The molecule has 2 N–H and O–H groups in total. The van der Waals surface area contributed by atoms with Crippen molar-refractivity contribution in [3.8, 4) is 17.6 Å². The highest BCUT2D eigenvalue weighted by Crippen LogP contribution is 2.26. The van der Waals surface area contributed by atoms with Crippen molar-refractivity contribution in [3.05, 3.63) is 35.3 Å². The standard InChI is InChI=1S/C16H18N4O3/c1-4-22-14-7-11(5-6-13(14)21)9-18-20-16-12(8-17)19-15(23-16)10(2)3/h5-7,9-10,20-21H,4H2,1-3H3/b18-9+. The molecule has 0 aliphatic rings. The molecule has 7 heteroatoms. The van der Waals surface area contributed by atoms with Crippen LogP contribution in [0.3, 0.4) is 0 Å². The average Bonchev–Trinajstić information content (AvgIpc) is 2.94. The Bertz CT molecular complexity index is 744. The number of nitrogens with one attached hydrogen (secondary N) is 1. The van der Waals surface area contributed by atoms with Crippen molar-refractivity contribution in [2.24, 2.45) is 5.10 Å². The van der Waals surface area contributed by atoms with Gasteiger partial charge in [0.25, 0.3) is 5.88 Å². The molecule has 0 saturated carbocycles. The minimum absolute atomic E-state index is 0.0699. The number of ether oxygens (including phenoxy) is 1. The fourth-order valence-electron chi connectivity index (χ4n) is 1.78. The second-order valence-corrected chi connectivity index (χ2v) is 5.03. The lowest BCUT2D eigenvalue weighted by Gasteiger charge is -2.05. The number of benzene rings is 1. The Balaban J connectivity index is 2.13. The summed E-state index contributed by atoms with van der Waals surface area (Å²) in [6.45, 7) is 6.13. The van der Waals surface area contributed by atoms with E-state index >= 15 is 0 Å². The molecule has 0 unspecified atom stereocenters. The molecule has 0 saturated heterocycles. The molecule has 0 aliphatic carbocycles. The van der Waals surface area contributed by atoms with E-state index in [-0.39, 0.29) is 23.2 Å². The summed E-state index contributed by atoms with van der Waals surface area (Å²) in [4.78, 5) is 4.09. The van der Waals surface area contributed by atoms with E-state index in [0.717, 1.165) is 5.56 Å². The highest BCUT2D eigenvalue weighted by Gasteiger charge is 2.14. The van der Waals surface area contributed by atoms with Gasteiger partial charge in [-0.3, -0.25) is 0 Å². The van der Waals surface area contributed by atoms with E-state index in [1.807, 2.05) is 26.8 Å². The van der Waals surface area contributed by atoms with Crippen molar-refractivity contribution in [1.82, 2.24) is 4.98 Å². The van der Waals surface area contributed by atoms with Gasteiger partial charge in [-0.2, -0.15) is 10.4 Å². The monoisotopic (exact) mass is 314 g/mol. The molecule has 0 spiro atoms. The van der Waals surface area contributed by atoms with Gasteiger partial charge in [0.1, 0.15) is 6.07 Å². The summed E-state index contributed by atoms with van der Waals surface area (Å²) >= 11 is 0. The summed E-state index contributed by atoms with van der Waals surface area (Å²) in [5.41, 5.74) is 3.55. The largest absolute Gasteiger partial charge is 0.504 e. The molecule has 2 rings (SSSR count). The number of phenolic OH excluding ortho intramolecular Hbond substituents is 1. The molecule has 0 aliphatic heterocycles. The van der Waals surface area contributed by atoms with Crippen molar-refractivity contribution in [1.29, 1.82) is 5.26 Å². The lowest BCUT2D eigenvalue weighted by atomic mass is 10.2. The second kappa shape index (κ2) is 7.31. The third kappa shape index (κ3) is 4.01. The van der Waals surface area contributed by atoms with Gasteiger partial charge >= 0.3 is 0 Å². The average molecular weight is 314 g/mol. The van der Waals surface area contributed by atoms with Crippen molar-refractivity contribution in [2.45, 2.75) is 26.7 Å². The normalized spacial score (nSPS) is 10.9. The molecule has 0 atom stereocenters. The number of aromatic nitrogens is 1. The van der Waals surface area contributed by atoms with Gasteiger partial charge in [-0.1, -0.05) is 13.8 Å². The Morgan fingerprint density at radius 2 is 2.30 bits per heavy atom. The number of nitriles is 1. The Labute approximate surface area is 134 Å². The maximum absolute atomic E-state index is 9.65. The van der Waals surface area contributed by atoms with Gasteiger partial charge in [-0.15, -0.1) is 0 Å². The topological polar surface area (TPSA) is 104 Å². The van der Waals surface area contributed by atoms with Crippen LogP contribution in [0.5, 0.6) is 11.5 Å². The van der Waals surface area contributed by atoms with Gasteiger partial charge in [-0.25, -0.2) is 10.4 Å². The number of hydrazone groups is 1. The molecule has 23 heavy (non-hydrogen) atoms. The highest BCUT2D eigenvalue weighted by atomic mass is 16.5. The van der Waals surface area contributed by atoms with Crippen LogP contribution in [-0.4, -0.2) is 22.9 Å². The second-order valence-electron chi connectivity index (χ2n) is 5.03. The molecule has 1 aromatic carbocycles. The van der Waals surface area contributed by atoms with E-state index < -0.39 is 0 Å². The predicted octanol–water partition coefficient (Wildman–Crippen LogP) is 3.22. The maximum Gasteiger partial charge on any atom is 0.252 e. The quantitative estimate of drug-likeness (QED) is 0.626. The molecule has 2 aromatic rings. The zero-order chi connectivity index (χ0) is 16.8. The summed E-state index contributed by atoms with van der Waals surface area (Å²) < 4.78 is 10.8. The molecular weight excluding hydrogens is 296 g/mol. The van der Waals surface area contributed by atoms with Crippen LogP contribution >= 0.6 is 0 Å². The van der Waals surface area contributed by atoms with Crippen LogP contribution in [0.1, 0.15) is 43.8 Å². The van der Waals surface area contributed by atoms with Gasteiger partial charge in [-0.05, 0) is 30.7 Å². The smallest absolute Gasteiger partial charge is 0.252 e. The van der Waals surface area contributed by atoms with Crippen molar-refractivity contribution in [2.75, 3.05) is 12.0 Å². The Morgan fingerprint density at radius 1 is 1.52 bits per heavy atom. The highest BCUT2D eigenvalue weighted by molar-refractivity contribution is 5.81. The summed E-state index contributed by atoms with van der Waals surface area (Å²) in [5.74, 6) is 1.21. The number of nitrogens with zero attached hydrogens (tertiary/aromatic N) is 3. The Hall–Kier alpha value is -3.01. The lowest BCUT2D eigenvalue weighted by Crippen LogP contribution is -1.94. The number of oxazole rings is 1. The minimum atomic E-state index is 0.0699. The van der Waals surface area contributed by atoms with Crippen LogP contribution in [0, 0.1) is 11.3 Å². The number of hydrogen-bond donors (Lipinski definition) is 2. The van der Waals surface area contributed by atoms with E-state index in [2.05, 4.69) is 15.5 Å². The van der Waals surface area contributed by atoms with E-state index in [9.17, 15) is 5.11 Å². The van der Waals surface area contributed by atoms with Crippen molar-refractivity contribution < 1.29 is 14.3 Å². The van der Waals surface area contributed by atoms with Crippen LogP contribution in [0.15, 0.2) is 27.7 Å². The Morgan fingerprint density at radius 3 is 2.96 bits per heavy atom. The SMILES string of the molecule is CCOc1cc(/C=N/Nc2oc(C(C)C)nc2C#N)ccc1O. The first kappa shape index (κ1) is 16.4. The number of rotatable bonds is 6. The maximum atomic E-state index is 9.65. The number of anilines is 1. The molecule has 120 valence electrons. The number of phenols is 1. The predicted molar refractivity (Wildman–Crippen MR) is 85.8 cm³/mol. The first-order valence-electron chi connectivity index (χ1n) is 7.20. The molecule has 1 aromatic heterocycles. The van der Waals surface area contributed by atoms with Gasteiger partial charge in [0.2, 0.25) is 11.6 Å². The van der Waals surface area contributed by atoms with Gasteiger partial charge < -0.3 is 14.3 Å². The fourth-order valence-corrected chi connectivity index (χ4v) is 1.78. The minimum Gasteiger partial charge on any atom is -0.504 e. The summed E-state index contributed by atoms with van der Waals surface area (Å²) in [5, 5.41) is 22.7. The van der Waals surface area contributed by atoms with E-state index in [1.165, 1.54) is 12.3 Å². The first-order chi connectivity index (χ1) is 11.0. The first-order valence-corrected chi connectivity index (χ1v) is 7.20. The fraction of sp³-hybridized carbons (Fsp3) is 0.312. The number of hydrogen-bond acceptors (Lipinski definition) is 7. The van der Waals surface area contributed by atoms with Crippen LogP contribution in [0.2, 0.25) is 0 Å². The molecule has 0 radical (unpaired) electrons. The molecular formula is C16H18N4O3. The van der Waals surface area contributed by atoms with E-state index in [0.29, 0.717) is 18.2 Å².